The molecule has 0 aromatic heterocycles. The fourth-order valence-electron chi connectivity index (χ4n) is 3.47. The van der Waals surface area contributed by atoms with Crippen LogP contribution >= 0.6 is 0 Å². The van der Waals surface area contributed by atoms with E-state index in [4.69, 9.17) is 4.74 Å². The topological polar surface area (TPSA) is 44.7 Å². The quantitative estimate of drug-likeness (QED) is 0.740. The Balaban J connectivity index is 1.50. The summed E-state index contributed by atoms with van der Waals surface area (Å²) >= 11 is 0. The third-order valence-corrected chi connectivity index (χ3v) is 4.75. The normalized spacial score (nSPS) is 40.4. The van der Waals surface area contributed by atoms with Gasteiger partial charge in [0, 0.05) is 45.2 Å². The molecular formula is C13H24N2O2. The number of nitrogens with one attached hydrogen (secondary N) is 1. The summed E-state index contributed by atoms with van der Waals surface area (Å²) < 4.78 is 5.31. The van der Waals surface area contributed by atoms with E-state index in [2.05, 4.69) is 10.2 Å². The van der Waals surface area contributed by atoms with Gasteiger partial charge >= 0.3 is 0 Å². The van der Waals surface area contributed by atoms with Crippen molar-refractivity contribution in [2.75, 3.05) is 39.4 Å². The number of ether oxygens (including phenoxy) is 1. The average molecular weight is 240 g/mol. The summed E-state index contributed by atoms with van der Waals surface area (Å²) in [6, 6.07) is 0.626. The first-order chi connectivity index (χ1) is 8.25. The molecule has 3 atom stereocenters. The van der Waals surface area contributed by atoms with Gasteiger partial charge in [0.15, 0.2) is 0 Å². The first kappa shape index (κ1) is 11.9. The molecule has 3 aliphatic rings. The third-order valence-electron chi connectivity index (χ3n) is 4.75. The van der Waals surface area contributed by atoms with E-state index in [1.165, 1.54) is 32.5 Å². The minimum Gasteiger partial charge on any atom is -0.388 e. The molecule has 3 fully saturated rings. The number of nitrogens with zero attached hydrogens (tertiary/aromatic N) is 1. The first-order valence-electron chi connectivity index (χ1n) is 7.01. The predicted molar refractivity (Wildman–Crippen MR) is 66.0 cm³/mol. The highest BCUT2D eigenvalue weighted by atomic mass is 16.5. The zero-order chi connectivity index (χ0) is 11.7. The van der Waals surface area contributed by atoms with Crippen molar-refractivity contribution < 1.29 is 9.84 Å². The van der Waals surface area contributed by atoms with Crippen LogP contribution in [0.2, 0.25) is 0 Å². The molecule has 0 amide bonds. The Morgan fingerprint density at radius 1 is 1.24 bits per heavy atom. The number of piperidine rings is 1. The SMILES string of the molecule is OC1(CNC2CCN3CCC2C3)CCOCC1. The molecule has 3 saturated heterocycles. The molecule has 2 bridgehead atoms. The lowest BCUT2D eigenvalue weighted by atomic mass is 9.90. The molecular weight excluding hydrogens is 216 g/mol. The zero-order valence-corrected chi connectivity index (χ0v) is 10.5. The average Bonchev–Trinajstić information content (AvgIpc) is 2.72. The Kier molecular flexibility index (Phi) is 3.39. The van der Waals surface area contributed by atoms with Crippen LogP contribution in [0.4, 0.5) is 0 Å². The van der Waals surface area contributed by atoms with Crippen molar-refractivity contribution in [2.24, 2.45) is 5.92 Å². The predicted octanol–water partition coefficient (Wildman–Crippen LogP) is 0.212. The van der Waals surface area contributed by atoms with Crippen molar-refractivity contribution in [1.29, 1.82) is 0 Å². The summed E-state index contributed by atoms with van der Waals surface area (Å²) in [5.41, 5.74) is -0.520. The van der Waals surface area contributed by atoms with Crippen molar-refractivity contribution in [2.45, 2.75) is 37.3 Å². The van der Waals surface area contributed by atoms with Gasteiger partial charge in [0.1, 0.15) is 0 Å². The largest absolute Gasteiger partial charge is 0.388 e. The fraction of sp³-hybridized carbons (Fsp3) is 1.00. The van der Waals surface area contributed by atoms with Crippen LogP contribution in [0, 0.1) is 5.92 Å². The fourth-order valence-corrected chi connectivity index (χ4v) is 3.47. The standard InChI is InChI=1S/C13H24N2O2/c16-13(3-7-17-8-4-13)10-14-12-2-6-15-5-1-11(12)9-15/h11-12,14,16H,1-10H2. The number of hydrogen-bond acceptors (Lipinski definition) is 4. The van der Waals surface area contributed by atoms with E-state index >= 15 is 0 Å². The minimum atomic E-state index is -0.520. The van der Waals surface area contributed by atoms with Crippen LogP contribution in [0.1, 0.15) is 25.7 Å². The lowest BCUT2D eigenvalue weighted by Crippen LogP contribution is -2.51. The van der Waals surface area contributed by atoms with Gasteiger partial charge < -0.3 is 20.1 Å². The van der Waals surface area contributed by atoms with Gasteiger partial charge in [-0.05, 0) is 31.8 Å². The number of rotatable bonds is 3. The molecule has 0 aliphatic carbocycles. The van der Waals surface area contributed by atoms with E-state index in [0.29, 0.717) is 19.3 Å². The third kappa shape index (κ3) is 2.65. The monoisotopic (exact) mass is 240 g/mol. The number of aliphatic hydroxyl groups is 1. The van der Waals surface area contributed by atoms with Gasteiger partial charge in [0.05, 0.1) is 5.60 Å². The van der Waals surface area contributed by atoms with Crippen LogP contribution in [-0.2, 0) is 4.74 Å². The summed E-state index contributed by atoms with van der Waals surface area (Å²) in [6.07, 6.45) is 4.14. The zero-order valence-electron chi connectivity index (χ0n) is 10.5. The Hall–Kier alpha value is -0.160. The maximum atomic E-state index is 10.4. The van der Waals surface area contributed by atoms with Crippen molar-refractivity contribution in [3.8, 4) is 0 Å². The molecule has 2 N–H and O–H groups in total. The Labute approximate surface area is 103 Å². The second kappa shape index (κ2) is 4.84. The molecule has 0 spiro atoms. The van der Waals surface area contributed by atoms with Crippen molar-refractivity contribution in [3.63, 3.8) is 0 Å². The van der Waals surface area contributed by atoms with Crippen LogP contribution in [0.3, 0.4) is 0 Å². The summed E-state index contributed by atoms with van der Waals surface area (Å²) in [5, 5.41) is 14.0. The van der Waals surface area contributed by atoms with Crippen molar-refractivity contribution in [3.05, 3.63) is 0 Å². The number of fused-ring (bicyclic) bond motifs is 2. The van der Waals surface area contributed by atoms with Gasteiger partial charge in [0.2, 0.25) is 0 Å². The smallest absolute Gasteiger partial charge is 0.0815 e. The highest BCUT2D eigenvalue weighted by Crippen LogP contribution is 2.28. The molecule has 17 heavy (non-hydrogen) atoms. The molecule has 0 saturated carbocycles. The lowest BCUT2D eigenvalue weighted by molar-refractivity contribution is -0.0639. The lowest BCUT2D eigenvalue weighted by Gasteiger charge is -2.37. The summed E-state index contributed by atoms with van der Waals surface area (Å²) in [6.45, 7) is 5.94. The highest BCUT2D eigenvalue weighted by molar-refractivity contribution is 4.93. The first-order valence-corrected chi connectivity index (χ1v) is 7.01. The maximum Gasteiger partial charge on any atom is 0.0815 e. The van der Waals surface area contributed by atoms with Crippen LogP contribution in [0.5, 0.6) is 0 Å². The van der Waals surface area contributed by atoms with E-state index in [-0.39, 0.29) is 0 Å². The molecule has 3 heterocycles. The van der Waals surface area contributed by atoms with E-state index in [1.54, 1.807) is 0 Å². The molecule has 4 nitrogen and oxygen atoms in total. The molecule has 98 valence electrons. The van der Waals surface area contributed by atoms with Gasteiger partial charge in [-0.2, -0.15) is 0 Å². The summed E-state index contributed by atoms with van der Waals surface area (Å²) in [4.78, 5) is 2.56. The molecule has 3 unspecified atom stereocenters. The van der Waals surface area contributed by atoms with Crippen molar-refractivity contribution in [1.82, 2.24) is 10.2 Å². The van der Waals surface area contributed by atoms with Gasteiger partial charge in [-0.25, -0.2) is 0 Å². The molecule has 3 rings (SSSR count). The van der Waals surface area contributed by atoms with Crippen molar-refractivity contribution >= 4 is 0 Å². The van der Waals surface area contributed by atoms with Crippen LogP contribution in [-0.4, -0.2) is 61.0 Å². The second-order valence-electron chi connectivity index (χ2n) is 5.96. The maximum absolute atomic E-state index is 10.4. The highest BCUT2D eigenvalue weighted by Gasteiger charge is 2.36. The molecule has 0 radical (unpaired) electrons. The van der Waals surface area contributed by atoms with Gasteiger partial charge in [-0.3, -0.25) is 0 Å². The Morgan fingerprint density at radius 3 is 2.82 bits per heavy atom. The molecule has 0 aromatic carbocycles. The Morgan fingerprint density at radius 2 is 2.00 bits per heavy atom. The molecule has 4 heteroatoms. The van der Waals surface area contributed by atoms with E-state index in [9.17, 15) is 5.11 Å². The molecule has 0 aromatic rings. The van der Waals surface area contributed by atoms with Gasteiger partial charge in [-0.15, -0.1) is 0 Å². The van der Waals surface area contributed by atoms with Crippen LogP contribution < -0.4 is 5.32 Å². The van der Waals surface area contributed by atoms with Gasteiger partial charge in [-0.1, -0.05) is 0 Å². The van der Waals surface area contributed by atoms with E-state index < -0.39 is 5.60 Å². The van der Waals surface area contributed by atoms with Crippen LogP contribution in [0.15, 0.2) is 0 Å². The summed E-state index contributed by atoms with van der Waals surface area (Å²) in [7, 11) is 0. The van der Waals surface area contributed by atoms with Gasteiger partial charge in [0.25, 0.3) is 0 Å². The Bertz CT molecular complexity index is 266. The van der Waals surface area contributed by atoms with Crippen LogP contribution in [0.25, 0.3) is 0 Å². The minimum absolute atomic E-state index is 0.520. The second-order valence-corrected chi connectivity index (χ2v) is 5.96. The van der Waals surface area contributed by atoms with E-state index in [0.717, 1.165) is 25.3 Å². The number of hydrogen-bond donors (Lipinski definition) is 2. The van der Waals surface area contributed by atoms with E-state index in [1.807, 2.05) is 0 Å². The molecule has 3 aliphatic heterocycles. The summed E-state index contributed by atoms with van der Waals surface area (Å²) in [5.74, 6) is 0.812.